The van der Waals surface area contributed by atoms with Crippen LogP contribution in [0.1, 0.15) is 18.9 Å². The van der Waals surface area contributed by atoms with Crippen molar-refractivity contribution in [2.75, 3.05) is 38.6 Å². The second-order valence-electron chi connectivity index (χ2n) is 6.01. The lowest BCUT2D eigenvalue weighted by molar-refractivity contribution is 0.191. The molecule has 1 heterocycles. The molecule has 2 N–H and O–H groups in total. The van der Waals surface area contributed by atoms with E-state index in [0.717, 1.165) is 31.1 Å². The van der Waals surface area contributed by atoms with E-state index in [4.69, 9.17) is 11.6 Å². The van der Waals surface area contributed by atoms with Crippen LogP contribution >= 0.6 is 11.6 Å². The smallest absolute Gasteiger partial charge is 0.0735 e. The van der Waals surface area contributed by atoms with Gasteiger partial charge in [0.05, 0.1) is 6.10 Å². The van der Waals surface area contributed by atoms with Gasteiger partial charge in [0, 0.05) is 36.4 Å². The molecule has 1 aliphatic rings. The number of hydrogen-bond acceptors (Lipinski definition) is 4. The van der Waals surface area contributed by atoms with Crippen molar-refractivity contribution in [2.45, 2.75) is 32.0 Å². The third kappa shape index (κ3) is 4.33. The van der Waals surface area contributed by atoms with Crippen LogP contribution in [0.25, 0.3) is 0 Å². The first-order valence-corrected chi connectivity index (χ1v) is 7.97. The number of likely N-dealkylation sites (N-methyl/N-ethyl adjacent to an activating group) is 1. The van der Waals surface area contributed by atoms with Crippen molar-refractivity contribution in [3.05, 3.63) is 28.8 Å². The summed E-state index contributed by atoms with van der Waals surface area (Å²) in [6, 6.07) is 6.38. The first-order valence-electron chi connectivity index (χ1n) is 7.59. The van der Waals surface area contributed by atoms with Gasteiger partial charge >= 0.3 is 0 Å². The number of anilines is 1. The van der Waals surface area contributed by atoms with Crippen LogP contribution in [0.5, 0.6) is 0 Å². The van der Waals surface area contributed by atoms with Crippen LogP contribution in [0.2, 0.25) is 5.02 Å². The van der Waals surface area contributed by atoms with Crippen molar-refractivity contribution in [3.8, 4) is 0 Å². The number of hydrogen-bond donors (Lipinski definition) is 2. The number of benzene rings is 1. The average molecular weight is 312 g/mol. The maximum Gasteiger partial charge on any atom is 0.0735 e. The fourth-order valence-corrected chi connectivity index (χ4v) is 3.21. The van der Waals surface area contributed by atoms with Crippen LogP contribution in [-0.4, -0.2) is 55.9 Å². The molecule has 1 aromatic rings. The van der Waals surface area contributed by atoms with Crippen molar-refractivity contribution in [1.82, 2.24) is 10.2 Å². The summed E-state index contributed by atoms with van der Waals surface area (Å²) in [7, 11) is 4.15. The van der Waals surface area contributed by atoms with Crippen LogP contribution in [0, 0.1) is 0 Å². The Labute approximate surface area is 132 Å². The van der Waals surface area contributed by atoms with Crippen LogP contribution in [0.4, 0.5) is 5.69 Å². The Balaban J connectivity index is 2.25. The van der Waals surface area contributed by atoms with Gasteiger partial charge in [0.1, 0.15) is 0 Å². The van der Waals surface area contributed by atoms with E-state index in [0.29, 0.717) is 12.6 Å². The molecule has 0 aromatic heterocycles. The predicted molar refractivity (Wildman–Crippen MR) is 89.1 cm³/mol. The lowest BCUT2D eigenvalue weighted by atomic mass is 10.1. The average Bonchev–Trinajstić information content (AvgIpc) is 2.76. The van der Waals surface area contributed by atoms with E-state index in [1.54, 1.807) is 0 Å². The highest BCUT2D eigenvalue weighted by atomic mass is 35.5. The minimum absolute atomic E-state index is 0.252. The maximum atomic E-state index is 10.1. The molecule has 1 aromatic carbocycles. The number of β-amino-alcohol motifs (C(OH)–C–C–N with tert-alkyl or cyclic N) is 1. The van der Waals surface area contributed by atoms with Gasteiger partial charge in [-0.15, -0.1) is 0 Å². The van der Waals surface area contributed by atoms with Crippen molar-refractivity contribution >= 4 is 17.3 Å². The van der Waals surface area contributed by atoms with E-state index >= 15 is 0 Å². The second kappa shape index (κ2) is 7.45. The molecule has 2 rings (SSSR count). The quantitative estimate of drug-likeness (QED) is 0.842. The first-order chi connectivity index (χ1) is 10.0. The molecule has 2 unspecified atom stereocenters. The zero-order valence-corrected chi connectivity index (χ0v) is 13.9. The Bertz CT molecular complexity index is 467. The van der Waals surface area contributed by atoms with Gasteiger partial charge < -0.3 is 20.2 Å². The van der Waals surface area contributed by atoms with Gasteiger partial charge in [-0.25, -0.2) is 0 Å². The molecule has 0 aliphatic carbocycles. The van der Waals surface area contributed by atoms with Crippen LogP contribution < -0.4 is 10.2 Å². The monoisotopic (exact) mass is 311 g/mol. The number of nitrogens with one attached hydrogen (secondary N) is 1. The van der Waals surface area contributed by atoms with Crippen LogP contribution in [0.3, 0.4) is 0 Å². The Morgan fingerprint density at radius 3 is 2.86 bits per heavy atom. The highest BCUT2D eigenvalue weighted by Crippen LogP contribution is 2.31. The SMILES string of the molecule is CCNCc1cc(Cl)ccc1N1CC(O)CC1CN(C)C. The molecule has 0 spiro atoms. The molecule has 118 valence electrons. The van der Waals surface area contributed by atoms with Gasteiger partial charge in [-0.05, 0) is 50.8 Å². The van der Waals surface area contributed by atoms with E-state index in [2.05, 4.69) is 42.2 Å². The van der Waals surface area contributed by atoms with E-state index in [1.165, 1.54) is 11.3 Å². The van der Waals surface area contributed by atoms with Crippen molar-refractivity contribution < 1.29 is 5.11 Å². The summed E-state index contributed by atoms with van der Waals surface area (Å²) in [5.41, 5.74) is 2.38. The van der Waals surface area contributed by atoms with Crippen molar-refractivity contribution in [1.29, 1.82) is 0 Å². The topological polar surface area (TPSA) is 38.7 Å². The Kier molecular flexibility index (Phi) is 5.88. The van der Waals surface area contributed by atoms with E-state index in [1.807, 2.05) is 12.1 Å². The standard InChI is InChI=1S/C16H26ClN3O/c1-4-18-9-12-7-13(17)5-6-16(12)20-11-15(21)8-14(20)10-19(2)3/h5-7,14-15,18,21H,4,8-11H2,1-3H3. The van der Waals surface area contributed by atoms with E-state index in [-0.39, 0.29) is 6.10 Å². The Morgan fingerprint density at radius 1 is 1.43 bits per heavy atom. The van der Waals surface area contributed by atoms with Gasteiger partial charge in [-0.2, -0.15) is 0 Å². The maximum absolute atomic E-state index is 10.1. The number of rotatable bonds is 6. The molecule has 2 atom stereocenters. The summed E-state index contributed by atoms with van der Waals surface area (Å²) in [6.45, 7) is 5.46. The van der Waals surface area contributed by atoms with Gasteiger partial charge in [-0.1, -0.05) is 18.5 Å². The zero-order chi connectivity index (χ0) is 15.4. The molecule has 5 heteroatoms. The van der Waals surface area contributed by atoms with Gasteiger partial charge in [0.25, 0.3) is 0 Å². The largest absolute Gasteiger partial charge is 0.391 e. The number of aliphatic hydroxyl groups excluding tert-OH is 1. The highest BCUT2D eigenvalue weighted by Gasteiger charge is 2.32. The Morgan fingerprint density at radius 2 is 2.19 bits per heavy atom. The molecule has 1 aliphatic heterocycles. The molecular weight excluding hydrogens is 286 g/mol. The molecule has 21 heavy (non-hydrogen) atoms. The summed E-state index contributed by atoms with van der Waals surface area (Å²) >= 11 is 6.15. The number of nitrogens with zero attached hydrogens (tertiary/aromatic N) is 2. The summed E-state index contributed by atoms with van der Waals surface area (Å²) in [4.78, 5) is 4.50. The fraction of sp³-hybridized carbons (Fsp3) is 0.625. The number of aliphatic hydroxyl groups is 1. The Hall–Kier alpha value is -0.810. The summed E-state index contributed by atoms with van der Waals surface area (Å²) in [5, 5.41) is 14.2. The second-order valence-corrected chi connectivity index (χ2v) is 6.45. The highest BCUT2D eigenvalue weighted by molar-refractivity contribution is 6.30. The van der Waals surface area contributed by atoms with Crippen LogP contribution in [0.15, 0.2) is 18.2 Å². The molecule has 4 nitrogen and oxygen atoms in total. The van der Waals surface area contributed by atoms with Gasteiger partial charge in [0.2, 0.25) is 0 Å². The van der Waals surface area contributed by atoms with Gasteiger partial charge in [-0.3, -0.25) is 0 Å². The molecule has 0 saturated carbocycles. The third-order valence-electron chi connectivity index (χ3n) is 3.88. The molecule has 1 saturated heterocycles. The summed E-state index contributed by atoms with van der Waals surface area (Å²) in [6.07, 6.45) is 0.569. The normalized spacial score (nSPS) is 22.3. The number of halogens is 1. The van der Waals surface area contributed by atoms with Crippen molar-refractivity contribution in [2.24, 2.45) is 0 Å². The fourth-order valence-electron chi connectivity index (χ4n) is 3.02. The molecular formula is C16H26ClN3O. The lowest BCUT2D eigenvalue weighted by Gasteiger charge is -2.30. The van der Waals surface area contributed by atoms with E-state index in [9.17, 15) is 5.11 Å². The summed E-state index contributed by atoms with van der Waals surface area (Å²) < 4.78 is 0. The first kappa shape index (κ1) is 16.6. The zero-order valence-electron chi connectivity index (χ0n) is 13.1. The molecule has 0 radical (unpaired) electrons. The minimum atomic E-state index is -0.252. The third-order valence-corrected chi connectivity index (χ3v) is 4.12. The predicted octanol–water partition coefficient (Wildman–Crippen LogP) is 1.95. The lowest BCUT2D eigenvalue weighted by Crippen LogP contribution is -2.38. The molecule has 0 amide bonds. The van der Waals surface area contributed by atoms with Crippen LogP contribution in [-0.2, 0) is 6.54 Å². The van der Waals surface area contributed by atoms with Gasteiger partial charge in [0.15, 0.2) is 0 Å². The molecule has 1 fully saturated rings. The summed E-state index contributed by atoms with van der Waals surface area (Å²) in [5.74, 6) is 0. The van der Waals surface area contributed by atoms with Crippen molar-refractivity contribution in [3.63, 3.8) is 0 Å². The van der Waals surface area contributed by atoms with E-state index < -0.39 is 0 Å². The minimum Gasteiger partial charge on any atom is -0.391 e. The molecule has 0 bridgehead atoms.